The maximum Gasteiger partial charge on any atom is 0.410 e. The molecule has 0 fully saturated rings. The van der Waals surface area contributed by atoms with E-state index >= 15 is 0 Å². The van der Waals surface area contributed by atoms with Crippen LogP contribution in [0.1, 0.15) is 31.9 Å². The van der Waals surface area contributed by atoms with Gasteiger partial charge in [0.15, 0.2) is 9.84 Å². The van der Waals surface area contributed by atoms with Crippen LogP contribution in [-0.2, 0) is 27.7 Å². The SMILES string of the molecule is COc1cc2c(cc1Nc1ncc3ccc(-c4ccccc4NCS(C)(=O)=O)n3n1)CN(C(=O)OC(C)(C)C)C2. The lowest BCUT2D eigenvalue weighted by Gasteiger charge is -2.24. The van der Waals surface area contributed by atoms with E-state index in [9.17, 15) is 13.2 Å². The van der Waals surface area contributed by atoms with E-state index in [2.05, 4.69) is 15.6 Å². The molecule has 2 aromatic heterocycles. The minimum atomic E-state index is -3.21. The molecule has 210 valence electrons. The maximum absolute atomic E-state index is 12.6. The van der Waals surface area contributed by atoms with Gasteiger partial charge in [-0.3, -0.25) is 4.90 Å². The van der Waals surface area contributed by atoms with Crippen LogP contribution in [0.2, 0.25) is 0 Å². The number of methoxy groups -OCH3 is 1. The molecule has 12 heteroatoms. The second kappa shape index (κ2) is 10.3. The summed E-state index contributed by atoms with van der Waals surface area (Å²) >= 11 is 0. The number of ether oxygens (including phenoxy) is 2. The minimum Gasteiger partial charge on any atom is -0.495 e. The van der Waals surface area contributed by atoms with Crippen LogP contribution in [-0.4, -0.2) is 58.9 Å². The van der Waals surface area contributed by atoms with E-state index in [0.29, 0.717) is 36.2 Å². The predicted octanol–water partition coefficient (Wildman–Crippen LogP) is 4.81. The number of amides is 1. The monoisotopic (exact) mass is 564 g/mol. The van der Waals surface area contributed by atoms with Crippen LogP contribution in [0.4, 0.5) is 22.1 Å². The Morgan fingerprint density at radius 3 is 2.48 bits per heavy atom. The second-order valence-corrected chi connectivity index (χ2v) is 12.9. The molecule has 0 aliphatic carbocycles. The lowest BCUT2D eigenvalue weighted by Crippen LogP contribution is -2.33. The molecule has 1 aliphatic rings. The van der Waals surface area contributed by atoms with Crippen molar-refractivity contribution >= 4 is 38.8 Å². The van der Waals surface area contributed by atoms with E-state index in [0.717, 1.165) is 27.9 Å². The zero-order chi connectivity index (χ0) is 28.7. The number of hydrogen-bond acceptors (Lipinski definition) is 9. The van der Waals surface area contributed by atoms with Gasteiger partial charge in [0.25, 0.3) is 0 Å². The van der Waals surface area contributed by atoms with Crippen molar-refractivity contribution in [3.8, 4) is 17.0 Å². The molecular formula is C28H32N6O5S. The van der Waals surface area contributed by atoms with Crippen molar-refractivity contribution in [2.75, 3.05) is 29.9 Å². The van der Waals surface area contributed by atoms with Crippen molar-refractivity contribution in [1.29, 1.82) is 0 Å². The average molecular weight is 565 g/mol. The number of anilines is 3. The van der Waals surface area contributed by atoms with E-state index in [-0.39, 0.29) is 12.0 Å². The zero-order valence-electron chi connectivity index (χ0n) is 23.1. The van der Waals surface area contributed by atoms with E-state index < -0.39 is 15.4 Å². The van der Waals surface area contributed by atoms with Crippen molar-refractivity contribution in [1.82, 2.24) is 19.5 Å². The number of sulfone groups is 1. The number of fused-ring (bicyclic) bond motifs is 2. The lowest BCUT2D eigenvalue weighted by atomic mass is 10.1. The molecule has 0 saturated heterocycles. The molecule has 0 radical (unpaired) electrons. The van der Waals surface area contributed by atoms with Crippen molar-refractivity contribution < 1.29 is 22.7 Å². The van der Waals surface area contributed by atoms with Gasteiger partial charge in [0.05, 0.1) is 30.2 Å². The average Bonchev–Trinajstić information content (AvgIpc) is 3.49. The summed E-state index contributed by atoms with van der Waals surface area (Å²) in [5.41, 5.74) is 5.06. The molecule has 2 aromatic carbocycles. The van der Waals surface area contributed by atoms with Crippen LogP contribution < -0.4 is 15.4 Å². The Morgan fingerprint density at radius 2 is 1.77 bits per heavy atom. The summed E-state index contributed by atoms with van der Waals surface area (Å²) < 4.78 is 36.4. The number of rotatable bonds is 7. The van der Waals surface area contributed by atoms with Crippen LogP contribution in [0.15, 0.2) is 54.7 Å². The highest BCUT2D eigenvalue weighted by molar-refractivity contribution is 7.90. The highest BCUT2D eigenvalue weighted by atomic mass is 32.2. The Bertz CT molecular complexity index is 1690. The van der Waals surface area contributed by atoms with E-state index in [1.54, 1.807) is 22.7 Å². The Labute approximate surface area is 233 Å². The van der Waals surface area contributed by atoms with Crippen LogP contribution in [0, 0.1) is 0 Å². The molecule has 4 aromatic rings. The molecule has 2 N–H and O–H groups in total. The van der Waals surface area contributed by atoms with Gasteiger partial charge in [0.2, 0.25) is 5.95 Å². The van der Waals surface area contributed by atoms with Crippen LogP contribution in [0.25, 0.3) is 16.8 Å². The van der Waals surface area contributed by atoms with Gasteiger partial charge in [-0.05, 0) is 62.2 Å². The van der Waals surface area contributed by atoms with Crippen LogP contribution in [0.5, 0.6) is 5.75 Å². The van der Waals surface area contributed by atoms with Crippen molar-refractivity contribution in [2.45, 2.75) is 39.5 Å². The van der Waals surface area contributed by atoms with Gasteiger partial charge in [0, 0.05) is 30.6 Å². The number of carbonyl (C=O) groups is 1. The van der Waals surface area contributed by atoms with E-state index in [1.165, 1.54) is 6.26 Å². The Kier molecular flexibility index (Phi) is 7.05. The first-order chi connectivity index (χ1) is 18.9. The quantitative estimate of drug-likeness (QED) is 0.325. The Morgan fingerprint density at radius 1 is 1.05 bits per heavy atom. The van der Waals surface area contributed by atoms with Gasteiger partial charge >= 0.3 is 6.09 Å². The summed E-state index contributed by atoms with van der Waals surface area (Å²) in [7, 11) is -1.63. The van der Waals surface area contributed by atoms with Gasteiger partial charge in [-0.1, -0.05) is 18.2 Å². The third-order valence-electron chi connectivity index (χ3n) is 6.27. The molecular weight excluding hydrogens is 532 g/mol. The van der Waals surface area contributed by atoms with Gasteiger partial charge in [-0.15, -0.1) is 5.10 Å². The molecule has 3 heterocycles. The standard InChI is InChI=1S/C28H32N6O5S/c1-28(2,3)39-27(35)33-15-18-12-23(25(38-4)13-19(18)16-33)31-26-29-14-20-10-11-24(34(20)32-26)21-8-6-7-9-22(21)30-17-40(5,36)37/h6-14,30H,15-17H2,1-5H3,(H,31,32). The highest BCUT2D eigenvalue weighted by Gasteiger charge is 2.29. The summed E-state index contributed by atoms with van der Waals surface area (Å²) in [6.07, 6.45) is 2.52. The van der Waals surface area contributed by atoms with Gasteiger partial charge < -0.3 is 20.1 Å². The molecule has 0 saturated carbocycles. The van der Waals surface area contributed by atoms with Crippen molar-refractivity contribution in [2.24, 2.45) is 0 Å². The first-order valence-corrected chi connectivity index (χ1v) is 14.8. The normalized spacial score (nSPS) is 13.3. The van der Waals surface area contributed by atoms with Crippen molar-refractivity contribution in [3.05, 3.63) is 65.9 Å². The fraction of sp³-hybridized carbons (Fsp3) is 0.321. The molecule has 0 atom stereocenters. The number of nitrogens with one attached hydrogen (secondary N) is 2. The molecule has 0 bridgehead atoms. The predicted molar refractivity (Wildman–Crippen MR) is 154 cm³/mol. The van der Waals surface area contributed by atoms with Gasteiger partial charge in [-0.25, -0.2) is 22.7 Å². The number of carbonyl (C=O) groups excluding carboxylic acids is 1. The van der Waals surface area contributed by atoms with Crippen molar-refractivity contribution in [3.63, 3.8) is 0 Å². The number of benzene rings is 2. The lowest BCUT2D eigenvalue weighted by molar-refractivity contribution is 0.0241. The molecule has 40 heavy (non-hydrogen) atoms. The molecule has 11 nitrogen and oxygen atoms in total. The summed E-state index contributed by atoms with van der Waals surface area (Å²) in [6, 6.07) is 15.1. The summed E-state index contributed by atoms with van der Waals surface area (Å²) in [5, 5.41) is 11.0. The van der Waals surface area contributed by atoms with Crippen LogP contribution >= 0.6 is 0 Å². The van der Waals surface area contributed by atoms with Gasteiger partial charge in [-0.2, -0.15) is 0 Å². The maximum atomic E-state index is 12.6. The second-order valence-electron chi connectivity index (χ2n) is 10.7. The summed E-state index contributed by atoms with van der Waals surface area (Å²) in [6.45, 7) is 6.38. The molecule has 5 rings (SSSR count). The smallest absolute Gasteiger partial charge is 0.410 e. The largest absolute Gasteiger partial charge is 0.495 e. The third-order valence-corrected chi connectivity index (χ3v) is 6.94. The molecule has 0 spiro atoms. The Hall–Kier alpha value is -4.32. The highest BCUT2D eigenvalue weighted by Crippen LogP contribution is 2.36. The molecule has 1 aliphatic heterocycles. The fourth-order valence-electron chi connectivity index (χ4n) is 4.50. The van der Waals surface area contributed by atoms with Gasteiger partial charge in [0.1, 0.15) is 17.2 Å². The zero-order valence-corrected chi connectivity index (χ0v) is 23.9. The summed E-state index contributed by atoms with van der Waals surface area (Å²) in [5.74, 6) is 0.752. The Balaban J connectivity index is 1.43. The van der Waals surface area contributed by atoms with E-state index in [4.69, 9.17) is 14.6 Å². The summed E-state index contributed by atoms with van der Waals surface area (Å²) in [4.78, 5) is 18.8. The first kappa shape index (κ1) is 27.3. The molecule has 1 amide bonds. The molecule has 0 unspecified atom stereocenters. The topological polar surface area (TPSA) is 127 Å². The fourth-order valence-corrected chi connectivity index (χ4v) is 4.92. The number of hydrogen-bond donors (Lipinski definition) is 2. The number of para-hydroxylation sites is 1. The third kappa shape index (κ3) is 5.96. The van der Waals surface area contributed by atoms with Crippen LogP contribution in [0.3, 0.4) is 0 Å². The number of aromatic nitrogens is 3. The van der Waals surface area contributed by atoms with E-state index in [1.807, 2.05) is 69.3 Å². The minimum absolute atomic E-state index is 0.182. The first-order valence-electron chi connectivity index (χ1n) is 12.7. The number of nitrogens with zero attached hydrogens (tertiary/aromatic N) is 4.